The number of hydrogen-bond acceptors (Lipinski definition) is 3. The Morgan fingerprint density at radius 2 is 2.06 bits per heavy atom. The lowest BCUT2D eigenvalue weighted by molar-refractivity contribution is -0.130. The van der Waals surface area contributed by atoms with Gasteiger partial charge in [-0.2, -0.15) is 0 Å². The maximum absolute atomic E-state index is 11.3. The van der Waals surface area contributed by atoms with Gasteiger partial charge in [-0.15, -0.1) is 0 Å². The van der Waals surface area contributed by atoms with Crippen LogP contribution in [0, 0.1) is 0 Å². The molecule has 0 radical (unpaired) electrons. The Bertz CT molecular complexity index is 270. The Morgan fingerprint density at radius 3 is 2.50 bits per heavy atom. The molecular formula is C11H20N2O3. The fourth-order valence-corrected chi connectivity index (χ4v) is 1.03. The maximum atomic E-state index is 11.3. The van der Waals surface area contributed by atoms with E-state index in [1.807, 2.05) is 19.9 Å². The Labute approximate surface area is 96.0 Å². The van der Waals surface area contributed by atoms with E-state index >= 15 is 0 Å². The first-order valence-corrected chi connectivity index (χ1v) is 5.27. The number of allylic oxidation sites excluding steroid dienone is 1. The molecule has 0 aromatic carbocycles. The number of hydrogen-bond donors (Lipinski definition) is 2. The summed E-state index contributed by atoms with van der Waals surface area (Å²) in [6.45, 7) is 6.04. The molecule has 3 N–H and O–H groups in total. The number of nitrogens with one attached hydrogen (secondary N) is 1. The summed E-state index contributed by atoms with van der Waals surface area (Å²) >= 11 is 0. The Morgan fingerprint density at radius 1 is 1.44 bits per heavy atom. The maximum Gasteiger partial charge on any atom is 0.246 e. The zero-order valence-electron chi connectivity index (χ0n) is 10.1. The summed E-state index contributed by atoms with van der Waals surface area (Å²) in [5, 5.41) is 2.52. The Balaban J connectivity index is 4.18. The number of ether oxygens (including phenoxy) is 1. The van der Waals surface area contributed by atoms with E-state index < -0.39 is 11.9 Å². The molecule has 0 rings (SSSR count). The smallest absolute Gasteiger partial charge is 0.246 e. The van der Waals surface area contributed by atoms with Crippen LogP contribution in [0.25, 0.3) is 0 Å². The van der Waals surface area contributed by atoms with Crippen LogP contribution in [0.15, 0.2) is 11.6 Å². The molecule has 0 aromatic heterocycles. The summed E-state index contributed by atoms with van der Waals surface area (Å²) in [5.74, 6) is -0.866. The summed E-state index contributed by atoms with van der Waals surface area (Å²) in [7, 11) is 0. The van der Waals surface area contributed by atoms with Crippen LogP contribution >= 0.6 is 0 Å². The molecular weight excluding hydrogens is 208 g/mol. The second-order valence-electron chi connectivity index (χ2n) is 3.68. The highest BCUT2D eigenvalue weighted by Gasteiger charge is 2.16. The van der Waals surface area contributed by atoms with E-state index in [0.29, 0.717) is 13.0 Å². The van der Waals surface area contributed by atoms with Crippen LogP contribution in [0.2, 0.25) is 0 Å². The van der Waals surface area contributed by atoms with E-state index in [1.165, 1.54) is 0 Å². The number of rotatable bonds is 7. The van der Waals surface area contributed by atoms with Crippen molar-refractivity contribution in [2.75, 3.05) is 13.2 Å². The van der Waals surface area contributed by atoms with E-state index in [4.69, 9.17) is 10.5 Å². The minimum absolute atomic E-state index is 0.0465. The third kappa shape index (κ3) is 7.00. The molecule has 0 aliphatic rings. The predicted molar refractivity (Wildman–Crippen MR) is 61.7 cm³/mol. The van der Waals surface area contributed by atoms with Crippen molar-refractivity contribution in [1.29, 1.82) is 0 Å². The van der Waals surface area contributed by atoms with E-state index in [2.05, 4.69) is 5.32 Å². The van der Waals surface area contributed by atoms with Gasteiger partial charge >= 0.3 is 0 Å². The molecule has 0 bridgehead atoms. The summed E-state index contributed by atoms with van der Waals surface area (Å²) in [6.07, 6.45) is 2.27. The van der Waals surface area contributed by atoms with Gasteiger partial charge in [0.1, 0.15) is 12.6 Å². The number of carbonyl (C=O) groups is 2. The average Bonchev–Trinajstić information content (AvgIpc) is 2.20. The van der Waals surface area contributed by atoms with Crippen LogP contribution in [-0.2, 0) is 14.3 Å². The zero-order valence-corrected chi connectivity index (χ0v) is 10.1. The summed E-state index contributed by atoms with van der Waals surface area (Å²) in [4.78, 5) is 22.4. The predicted octanol–water partition coefficient (Wildman–Crippen LogP) is 0.349. The van der Waals surface area contributed by atoms with E-state index in [0.717, 1.165) is 5.57 Å². The van der Waals surface area contributed by atoms with E-state index in [1.54, 1.807) is 6.92 Å². The van der Waals surface area contributed by atoms with Gasteiger partial charge in [-0.3, -0.25) is 9.59 Å². The van der Waals surface area contributed by atoms with Crippen molar-refractivity contribution in [3.05, 3.63) is 11.6 Å². The molecule has 0 spiro atoms. The van der Waals surface area contributed by atoms with Gasteiger partial charge in [-0.25, -0.2) is 0 Å². The normalized spacial score (nSPS) is 11.7. The van der Waals surface area contributed by atoms with Gasteiger partial charge in [0.25, 0.3) is 0 Å². The standard InChI is InChI=1S/C11H20N2O3/c1-4-16-7-10(14)13-9(11(12)15)6-5-8(2)3/h5,9H,4,6-7H2,1-3H3,(H2,12,15)(H,13,14)/t9-/m0/s1. The average molecular weight is 228 g/mol. The zero-order chi connectivity index (χ0) is 12.6. The lowest BCUT2D eigenvalue weighted by Crippen LogP contribution is -2.45. The van der Waals surface area contributed by atoms with Crippen LogP contribution in [0.4, 0.5) is 0 Å². The first kappa shape index (κ1) is 14.6. The second-order valence-corrected chi connectivity index (χ2v) is 3.68. The minimum atomic E-state index is -0.664. The molecule has 0 saturated carbocycles. The molecule has 0 fully saturated rings. The van der Waals surface area contributed by atoms with Gasteiger partial charge in [-0.05, 0) is 27.2 Å². The molecule has 5 heteroatoms. The molecule has 2 amide bonds. The van der Waals surface area contributed by atoms with Crippen molar-refractivity contribution in [2.24, 2.45) is 5.73 Å². The van der Waals surface area contributed by atoms with Gasteiger partial charge in [0.2, 0.25) is 11.8 Å². The molecule has 0 aromatic rings. The molecule has 0 heterocycles. The lowest BCUT2D eigenvalue weighted by Gasteiger charge is -2.13. The topological polar surface area (TPSA) is 81.4 Å². The van der Waals surface area contributed by atoms with E-state index in [9.17, 15) is 9.59 Å². The molecule has 0 saturated heterocycles. The van der Waals surface area contributed by atoms with Gasteiger partial charge in [0, 0.05) is 6.61 Å². The van der Waals surface area contributed by atoms with Crippen molar-refractivity contribution in [3.8, 4) is 0 Å². The number of amides is 2. The lowest BCUT2D eigenvalue weighted by atomic mass is 10.1. The van der Waals surface area contributed by atoms with E-state index in [-0.39, 0.29) is 12.5 Å². The Hall–Kier alpha value is -1.36. The van der Waals surface area contributed by atoms with Crippen LogP contribution in [-0.4, -0.2) is 31.1 Å². The van der Waals surface area contributed by atoms with Crippen molar-refractivity contribution < 1.29 is 14.3 Å². The highest BCUT2D eigenvalue weighted by molar-refractivity contribution is 5.87. The van der Waals surface area contributed by atoms with Crippen molar-refractivity contribution in [1.82, 2.24) is 5.32 Å². The Kier molecular flexibility index (Phi) is 7.20. The first-order valence-electron chi connectivity index (χ1n) is 5.27. The highest BCUT2D eigenvalue weighted by atomic mass is 16.5. The van der Waals surface area contributed by atoms with Crippen LogP contribution in [0.1, 0.15) is 27.2 Å². The molecule has 0 aliphatic carbocycles. The molecule has 92 valence electrons. The van der Waals surface area contributed by atoms with Gasteiger partial charge in [0.15, 0.2) is 0 Å². The van der Waals surface area contributed by atoms with Crippen LogP contribution in [0.5, 0.6) is 0 Å². The number of carbonyl (C=O) groups excluding carboxylic acids is 2. The number of primary amides is 1. The van der Waals surface area contributed by atoms with Crippen molar-refractivity contribution in [3.63, 3.8) is 0 Å². The van der Waals surface area contributed by atoms with Gasteiger partial charge < -0.3 is 15.8 Å². The van der Waals surface area contributed by atoms with Gasteiger partial charge in [-0.1, -0.05) is 11.6 Å². The SMILES string of the molecule is CCOCC(=O)N[C@@H](CC=C(C)C)C(N)=O. The molecule has 16 heavy (non-hydrogen) atoms. The monoisotopic (exact) mass is 228 g/mol. The van der Waals surface area contributed by atoms with Crippen molar-refractivity contribution in [2.45, 2.75) is 33.2 Å². The quantitative estimate of drug-likeness (QED) is 0.617. The van der Waals surface area contributed by atoms with Crippen LogP contribution in [0.3, 0.4) is 0 Å². The molecule has 0 aliphatic heterocycles. The fraction of sp³-hybridized carbons (Fsp3) is 0.636. The molecule has 5 nitrogen and oxygen atoms in total. The summed E-state index contributed by atoms with van der Waals surface area (Å²) in [5.41, 5.74) is 6.25. The molecule has 0 unspecified atom stereocenters. The number of nitrogens with two attached hydrogens (primary N) is 1. The largest absolute Gasteiger partial charge is 0.372 e. The second kappa shape index (κ2) is 7.87. The summed E-state index contributed by atoms with van der Waals surface area (Å²) in [6, 6.07) is -0.664. The highest BCUT2D eigenvalue weighted by Crippen LogP contribution is 1.98. The van der Waals surface area contributed by atoms with Gasteiger partial charge in [0.05, 0.1) is 0 Å². The third-order valence-electron chi connectivity index (χ3n) is 1.88. The fourth-order valence-electron chi connectivity index (χ4n) is 1.03. The summed E-state index contributed by atoms with van der Waals surface area (Å²) < 4.78 is 4.92. The first-order chi connectivity index (χ1) is 7.47. The van der Waals surface area contributed by atoms with Crippen molar-refractivity contribution >= 4 is 11.8 Å². The third-order valence-corrected chi connectivity index (χ3v) is 1.88. The van der Waals surface area contributed by atoms with Crippen LogP contribution < -0.4 is 11.1 Å². The molecule has 1 atom stereocenters. The minimum Gasteiger partial charge on any atom is -0.372 e.